The van der Waals surface area contributed by atoms with E-state index in [1.165, 1.54) is 6.20 Å². The lowest BCUT2D eigenvalue weighted by Crippen LogP contribution is -2.18. The van der Waals surface area contributed by atoms with E-state index >= 15 is 0 Å². The first-order valence-corrected chi connectivity index (χ1v) is 6.91. The van der Waals surface area contributed by atoms with Gasteiger partial charge in [-0.05, 0) is 12.1 Å². The van der Waals surface area contributed by atoms with Crippen LogP contribution in [0.5, 0.6) is 0 Å². The van der Waals surface area contributed by atoms with Crippen molar-refractivity contribution >= 4 is 21.5 Å². The Kier molecular flexibility index (Phi) is 4.45. The number of rotatable bonds is 6. The van der Waals surface area contributed by atoms with Crippen LogP contribution < -0.4 is 5.32 Å². The minimum absolute atomic E-state index is 0.0303. The van der Waals surface area contributed by atoms with Crippen LogP contribution in [0.3, 0.4) is 0 Å². The van der Waals surface area contributed by atoms with Gasteiger partial charge in [0.1, 0.15) is 0 Å². The van der Waals surface area contributed by atoms with Crippen LogP contribution in [0, 0.1) is 0 Å². The van der Waals surface area contributed by atoms with Gasteiger partial charge in [-0.3, -0.25) is 0 Å². The van der Waals surface area contributed by atoms with E-state index in [0.29, 0.717) is 5.69 Å². The first-order chi connectivity index (χ1) is 7.96. The van der Waals surface area contributed by atoms with Crippen LogP contribution in [0.25, 0.3) is 0 Å². The summed E-state index contributed by atoms with van der Waals surface area (Å²) >= 11 is 0. The third-order valence-electron chi connectivity index (χ3n) is 2.18. The molecule has 0 amide bonds. The highest BCUT2D eigenvalue weighted by Crippen LogP contribution is 2.11. The molecule has 0 aliphatic carbocycles. The minimum Gasteiger partial charge on any atom is -0.476 e. The van der Waals surface area contributed by atoms with Crippen molar-refractivity contribution in [2.24, 2.45) is 0 Å². The summed E-state index contributed by atoms with van der Waals surface area (Å²) in [7, 11) is -3.05. The number of carboxylic acid groups (broad SMARTS) is 1. The normalized spacial score (nSPS) is 11.1. The van der Waals surface area contributed by atoms with Gasteiger partial charge in [0.15, 0.2) is 15.5 Å². The summed E-state index contributed by atoms with van der Waals surface area (Å²) in [5.74, 6) is -1.10. The smallest absolute Gasteiger partial charge is 0.356 e. The largest absolute Gasteiger partial charge is 0.476 e. The molecular weight excluding hydrogens is 244 g/mol. The second-order valence-electron chi connectivity index (χ2n) is 3.37. The van der Waals surface area contributed by atoms with E-state index in [1.807, 2.05) is 0 Å². The van der Waals surface area contributed by atoms with Crippen LogP contribution in [0.15, 0.2) is 18.3 Å². The van der Waals surface area contributed by atoms with Crippen LogP contribution in [-0.2, 0) is 9.84 Å². The average Bonchev–Trinajstić information content (AvgIpc) is 2.29. The van der Waals surface area contributed by atoms with Crippen molar-refractivity contribution < 1.29 is 18.3 Å². The molecule has 0 unspecified atom stereocenters. The summed E-state index contributed by atoms with van der Waals surface area (Å²) in [6.07, 6.45) is 1.37. The summed E-state index contributed by atoms with van der Waals surface area (Å²) in [6.45, 7) is 1.74. The summed E-state index contributed by atoms with van der Waals surface area (Å²) in [4.78, 5) is 14.5. The van der Waals surface area contributed by atoms with E-state index in [4.69, 9.17) is 5.11 Å². The van der Waals surface area contributed by atoms with Crippen molar-refractivity contribution in [3.63, 3.8) is 0 Å². The average molecular weight is 258 g/mol. The Morgan fingerprint density at radius 1 is 1.53 bits per heavy atom. The number of hydrogen-bond acceptors (Lipinski definition) is 5. The molecule has 0 saturated heterocycles. The van der Waals surface area contributed by atoms with E-state index in [9.17, 15) is 13.2 Å². The van der Waals surface area contributed by atoms with Crippen LogP contribution in [0.4, 0.5) is 5.69 Å². The second kappa shape index (κ2) is 5.62. The molecule has 1 rings (SSSR count). The fraction of sp³-hybridized carbons (Fsp3) is 0.400. The van der Waals surface area contributed by atoms with E-state index in [2.05, 4.69) is 10.3 Å². The summed E-state index contributed by atoms with van der Waals surface area (Å²) in [5, 5.41) is 11.6. The number of aromatic nitrogens is 1. The third-order valence-corrected chi connectivity index (χ3v) is 3.88. The number of aromatic carboxylic acids is 1. The van der Waals surface area contributed by atoms with Crippen molar-refractivity contribution in [1.82, 2.24) is 4.98 Å². The van der Waals surface area contributed by atoms with Crippen LogP contribution in [-0.4, -0.2) is 42.5 Å². The predicted molar refractivity (Wildman–Crippen MR) is 64.0 cm³/mol. The zero-order chi connectivity index (χ0) is 12.9. The maximum Gasteiger partial charge on any atom is 0.356 e. The Morgan fingerprint density at radius 3 is 2.82 bits per heavy atom. The highest BCUT2D eigenvalue weighted by atomic mass is 32.2. The molecule has 0 spiro atoms. The third kappa shape index (κ3) is 4.03. The van der Waals surface area contributed by atoms with Crippen LogP contribution >= 0.6 is 0 Å². The predicted octanol–water partition coefficient (Wildman–Crippen LogP) is 0.626. The molecule has 1 aromatic heterocycles. The summed E-state index contributed by atoms with van der Waals surface area (Å²) in [6, 6.07) is 3.14. The fourth-order valence-corrected chi connectivity index (χ4v) is 1.91. The van der Waals surface area contributed by atoms with Gasteiger partial charge in [-0.25, -0.2) is 18.2 Å². The van der Waals surface area contributed by atoms with E-state index < -0.39 is 15.8 Å². The monoisotopic (exact) mass is 258 g/mol. The molecule has 1 heterocycles. The van der Waals surface area contributed by atoms with Crippen molar-refractivity contribution in [1.29, 1.82) is 0 Å². The number of carbonyl (C=O) groups is 1. The number of sulfone groups is 1. The lowest BCUT2D eigenvalue weighted by Gasteiger charge is -2.08. The Morgan fingerprint density at radius 2 is 2.24 bits per heavy atom. The molecule has 6 nitrogen and oxygen atoms in total. The van der Waals surface area contributed by atoms with Gasteiger partial charge in [0.2, 0.25) is 0 Å². The number of pyridine rings is 1. The summed E-state index contributed by atoms with van der Waals surface area (Å²) < 4.78 is 22.5. The van der Waals surface area contributed by atoms with Crippen molar-refractivity contribution in [3.05, 3.63) is 24.0 Å². The first-order valence-electron chi connectivity index (χ1n) is 5.09. The number of anilines is 1. The second-order valence-corrected chi connectivity index (χ2v) is 5.84. The maximum absolute atomic E-state index is 11.2. The van der Waals surface area contributed by atoms with Crippen LogP contribution in [0.1, 0.15) is 17.4 Å². The topological polar surface area (TPSA) is 96.4 Å². The standard InChI is InChI=1S/C10H14N2O4S/c1-2-17(15,16)7-6-11-8-4-3-5-12-9(8)10(13)14/h3-5,11H,2,6-7H2,1H3,(H,13,14). The number of carboxylic acids is 1. The van der Waals surface area contributed by atoms with Crippen molar-refractivity contribution in [2.45, 2.75) is 6.92 Å². The molecule has 0 aromatic carbocycles. The Hall–Kier alpha value is -1.63. The van der Waals surface area contributed by atoms with Gasteiger partial charge in [0.05, 0.1) is 11.4 Å². The van der Waals surface area contributed by atoms with Crippen LogP contribution in [0.2, 0.25) is 0 Å². The van der Waals surface area contributed by atoms with Gasteiger partial charge in [-0.2, -0.15) is 0 Å². The molecule has 0 bridgehead atoms. The van der Waals surface area contributed by atoms with Gasteiger partial charge >= 0.3 is 5.97 Å². The number of hydrogen-bond donors (Lipinski definition) is 2. The quantitative estimate of drug-likeness (QED) is 0.776. The number of nitrogens with one attached hydrogen (secondary N) is 1. The highest BCUT2D eigenvalue weighted by molar-refractivity contribution is 7.91. The fourth-order valence-electron chi connectivity index (χ4n) is 1.20. The molecule has 0 radical (unpaired) electrons. The zero-order valence-electron chi connectivity index (χ0n) is 9.38. The molecule has 0 saturated carbocycles. The summed E-state index contributed by atoms with van der Waals surface area (Å²) in [5.41, 5.74) is 0.215. The van der Waals surface area contributed by atoms with Gasteiger partial charge < -0.3 is 10.4 Å². The minimum atomic E-state index is -3.05. The van der Waals surface area contributed by atoms with Gasteiger partial charge in [-0.15, -0.1) is 0 Å². The SMILES string of the molecule is CCS(=O)(=O)CCNc1cccnc1C(=O)O. The van der Waals surface area contributed by atoms with E-state index in [-0.39, 0.29) is 23.7 Å². The molecular formula is C10H14N2O4S. The van der Waals surface area contributed by atoms with Gasteiger partial charge in [0.25, 0.3) is 0 Å². The Labute approximate surface area is 99.6 Å². The lowest BCUT2D eigenvalue weighted by atomic mass is 10.3. The lowest BCUT2D eigenvalue weighted by molar-refractivity contribution is 0.0691. The maximum atomic E-state index is 11.2. The Balaban J connectivity index is 2.67. The van der Waals surface area contributed by atoms with E-state index in [1.54, 1.807) is 19.1 Å². The molecule has 94 valence electrons. The van der Waals surface area contributed by atoms with Gasteiger partial charge in [0, 0.05) is 18.5 Å². The molecule has 0 aliphatic rings. The molecule has 17 heavy (non-hydrogen) atoms. The molecule has 0 aliphatic heterocycles. The number of nitrogens with zero attached hydrogens (tertiary/aromatic N) is 1. The van der Waals surface area contributed by atoms with Gasteiger partial charge in [-0.1, -0.05) is 6.92 Å². The van der Waals surface area contributed by atoms with E-state index in [0.717, 1.165) is 0 Å². The first kappa shape index (κ1) is 13.4. The van der Waals surface area contributed by atoms with Crippen molar-refractivity contribution in [2.75, 3.05) is 23.4 Å². The zero-order valence-corrected chi connectivity index (χ0v) is 10.2. The molecule has 1 aromatic rings. The molecule has 0 atom stereocenters. The molecule has 2 N–H and O–H groups in total. The molecule has 0 fully saturated rings. The molecule has 7 heteroatoms. The Bertz CT molecular complexity index is 499. The highest BCUT2D eigenvalue weighted by Gasteiger charge is 2.12. The van der Waals surface area contributed by atoms with Crippen molar-refractivity contribution in [3.8, 4) is 0 Å².